The van der Waals surface area contributed by atoms with Crippen molar-refractivity contribution < 1.29 is 4.79 Å². The summed E-state index contributed by atoms with van der Waals surface area (Å²) in [5.41, 5.74) is 5.32. The predicted molar refractivity (Wildman–Crippen MR) is 113 cm³/mol. The molecule has 4 aromatic heterocycles. The first-order chi connectivity index (χ1) is 14.7. The number of hydrogen-bond donors (Lipinski definition) is 1. The normalized spacial score (nSPS) is 11.1. The molecule has 1 N–H and O–H groups in total. The van der Waals surface area contributed by atoms with Gasteiger partial charge in [-0.1, -0.05) is 23.4 Å². The number of amides is 1. The highest BCUT2D eigenvalue weighted by Crippen LogP contribution is 2.21. The summed E-state index contributed by atoms with van der Waals surface area (Å²) in [6, 6.07) is 17.4. The molecule has 0 spiro atoms. The number of carbonyl (C=O) groups is 1. The highest BCUT2D eigenvalue weighted by Gasteiger charge is 2.11. The number of fused-ring (bicyclic) bond motifs is 2. The van der Waals surface area contributed by atoms with E-state index in [4.69, 9.17) is 4.98 Å². The fraction of sp³-hybridized carbons (Fsp3) is 0.0909. The second kappa shape index (κ2) is 7.32. The lowest BCUT2D eigenvalue weighted by atomic mass is 10.1. The van der Waals surface area contributed by atoms with E-state index in [-0.39, 0.29) is 5.91 Å². The summed E-state index contributed by atoms with van der Waals surface area (Å²) >= 11 is 0. The molecule has 0 bridgehead atoms. The minimum atomic E-state index is -0.225. The number of aromatic nitrogens is 6. The molecule has 0 unspecified atom stereocenters. The van der Waals surface area contributed by atoms with Gasteiger partial charge in [0.15, 0.2) is 5.65 Å². The van der Waals surface area contributed by atoms with Gasteiger partial charge in [-0.15, -0.1) is 5.10 Å². The Bertz CT molecular complexity index is 1380. The highest BCUT2D eigenvalue weighted by atomic mass is 16.1. The largest absolute Gasteiger partial charge is 0.354 e. The van der Waals surface area contributed by atoms with Crippen LogP contribution in [0.2, 0.25) is 0 Å². The number of hydrogen-bond acceptors (Lipinski definition) is 6. The molecule has 0 fully saturated rings. The lowest BCUT2D eigenvalue weighted by Crippen LogP contribution is -2.18. The molecule has 1 aromatic carbocycles. The van der Waals surface area contributed by atoms with Crippen LogP contribution in [0.1, 0.15) is 16.1 Å². The van der Waals surface area contributed by atoms with Crippen molar-refractivity contribution >= 4 is 28.0 Å². The Labute approximate surface area is 171 Å². The van der Waals surface area contributed by atoms with Crippen LogP contribution in [0.3, 0.4) is 0 Å². The van der Waals surface area contributed by atoms with E-state index in [1.54, 1.807) is 30.2 Å². The van der Waals surface area contributed by atoms with Gasteiger partial charge in [-0.25, -0.2) is 9.67 Å². The number of nitrogens with one attached hydrogen (secondary N) is 1. The van der Waals surface area contributed by atoms with Gasteiger partial charge in [-0.3, -0.25) is 14.8 Å². The van der Waals surface area contributed by atoms with Crippen LogP contribution in [-0.2, 0) is 6.54 Å². The Morgan fingerprint density at radius 2 is 1.97 bits per heavy atom. The molecule has 5 aromatic rings. The smallest absolute Gasteiger partial charge is 0.269 e. The van der Waals surface area contributed by atoms with Crippen LogP contribution >= 0.6 is 0 Å². The molecule has 8 nitrogen and oxygen atoms in total. The fourth-order valence-corrected chi connectivity index (χ4v) is 3.31. The van der Waals surface area contributed by atoms with Gasteiger partial charge in [0.2, 0.25) is 0 Å². The topological polar surface area (TPSA) is 98.5 Å². The third-order valence-electron chi connectivity index (χ3n) is 4.88. The van der Waals surface area contributed by atoms with Crippen LogP contribution in [0.25, 0.3) is 33.3 Å². The Kier molecular flexibility index (Phi) is 4.36. The summed E-state index contributed by atoms with van der Waals surface area (Å²) in [6.07, 6.45) is 3.43. The maximum Gasteiger partial charge on any atom is 0.269 e. The summed E-state index contributed by atoms with van der Waals surface area (Å²) in [5, 5.41) is 12.2. The third kappa shape index (κ3) is 3.24. The quantitative estimate of drug-likeness (QED) is 0.502. The van der Waals surface area contributed by atoms with E-state index in [0.717, 1.165) is 27.7 Å². The van der Waals surface area contributed by atoms with E-state index in [2.05, 4.69) is 37.7 Å². The molecule has 0 saturated heterocycles. The Morgan fingerprint density at radius 1 is 1.03 bits per heavy atom. The molecule has 30 heavy (non-hydrogen) atoms. The zero-order valence-corrected chi connectivity index (χ0v) is 16.1. The van der Waals surface area contributed by atoms with Crippen molar-refractivity contribution in [2.24, 2.45) is 0 Å². The molecule has 0 aliphatic rings. The van der Waals surface area contributed by atoms with Crippen molar-refractivity contribution in [2.45, 2.75) is 6.54 Å². The maximum atomic E-state index is 11.7. The van der Waals surface area contributed by atoms with Gasteiger partial charge in [0, 0.05) is 30.4 Å². The van der Waals surface area contributed by atoms with Gasteiger partial charge in [-0.2, -0.15) is 0 Å². The molecule has 8 heteroatoms. The van der Waals surface area contributed by atoms with Gasteiger partial charge < -0.3 is 5.32 Å². The van der Waals surface area contributed by atoms with Gasteiger partial charge in [0.25, 0.3) is 5.91 Å². The van der Waals surface area contributed by atoms with Crippen molar-refractivity contribution in [1.29, 1.82) is 0 Å². The Morgan fingerprint density at radius 3 is 2.80 bits per heavy atom. The molecule has 0 atom stereocenters. The first-order valence-corrected chi connectivity index (χ1v) is 9.44. The Balaban J connectivity index is 1.48. The number of nitrogens with zero attached hydrogens (tertiary/aromatic N) is 6. The van der Waals surface area contributed by atoms with E-state index in [9.17, 15) is 4.79 Å². The predicted octanol–water partition coefficient (Wildman–Crippen LogP) is 2.84. The van der Waals surface area contributed by atoms with Crippen LogP contribution in [-0.4, -0.2) is 42.9 Å². The van der Waals surface area contributed by atoms with Crippen LogP contribution in [0.5, 0.6) is 0 Å². The standard InChI is InChI=1S/C22H17N7O/c1-23-22(30)19-7-6-16(12-25-19)17-8-9-18-21(26-17)29(28-27-18)13-14-4-5-15-3-2-10-24-20(15)11-14/h2-12H,13H2,1H3,(H,23,30). The second-order valence-corrected chi connectivity index (χ2v) is 6.83. The van der Waals surface area contributed by atoms with Gasteiger partial charge in [0.1, 0.15) is 11.2 Å². The molecule has 0 saturated carbocycles. The minimum absolute atomic E-state index is 0.225. The van der Waals surface area contributed by atoms with Gasteiger partial charge in [0.05, 0.1) is 17.8 Å². The average molecular weight is 395 g/mol. The maximum absolute atomic E-state index is 11.7. The Hall–Kier alpha value is -4.20. The molecular weight excluding hydrogens is 378 g/mol. The molecule has 4 heterocycles. The minimum Gasteiger partial charge on any atom is -0.354 e. The zero-order chi connectivity index (χ0) is 20.5. The summed E-state index contributed by atoms with van der Waals surface area (Å²) in [6.45, 7) is 0.535. The number of pyridine rings is 3. The molecule has 0 radical (unpaired) electrons. The van der Waals surface area contributed by atoms with Crippen molar-refractivity contribution in [3.8, 4) is 11.3 Å². The van der Waals surface area contributed by atoms with Crippen molar-refractivity contribution in [2.75, 3.05) is 7.05 Å². The number of benzene rings is 1. The van der Waals surface area contributed by atoms with E-state index in [1.165, 1.54) is 0 Å². The van der Waals surface area contributed by atoms with Crippen LogP contribution in [0, 0.1) is 0 Å². The summed E-state index contributed by atoms with van der Waals surface area (Å²) in [4.78, 5) is 25.1. The third-order valence-corrected chi connectivity index (χ3v) is 4.88. The lowest BCUT2D eigenvalue weighted by Gasteiger charge is -2.06. The SMILES string of the molecule is CNC(=O)c1ccc(-c2ccc3nnn(Cc4ccc5cccnc5c4)c3n2)cn1. The van der Waals surface area contributed by atoms with Crippen molar-refractivity contribution in [3.63, 3.8) is 0 Å². The van der Waals surface area contributed by atoms with Gasteiger partial charge >= 0.3 is 0 Å². The first-order valence-electron chi connectivity index (χ1n) is 9.44. The number of rotatable bonds is 4. The molecule has 0 aliphatic carbocycles. The molecule has 1 amide bonds. The summed E-state index contributed by atoms with van der Waals surface area (Å²) < 4.78 is 1.77. The molecule has 5 rings (SSSR count). The highest BCUT2D eigenvalue weighted by molar-refractivity contribution is 5.92. The van der Waals surface area contributed by atoms with Crippen molar-refractivity contribution in [1.82, 2.24) is 35.3 Å². The monoisotopic (exact) mass is 395 g/mol. The van der Waals surface area contributed by atoms with E-state index in [0.29, 0.717) is 23.4 Å². The van der Waals surface area contributed by atoms with E-state index < -0.39 is 0 Å². The zero-order valence-electron chi connectivity index (χ0n) is 16.1. The van der Waals surface area contributed by atoms with E-state index in [1.807, 2.05) is 36.4 Å². The lowest BCUT2D eigenvalue weighted by molar-refractivity contribution is 0.0958. The molecule has 0 aliphatic heterocycles. The van der Waals surface area contributed by atoms with Crippen molar-refractivity contribution in [3.05, 3.63) is 78.2 Å². The van der Waals surface area contributed by atoms with Gasteiger partial charge in [-0.05, 0) is 42.0 Å². The first kappa shape index (κ1) is 17.9. The summed E-state index contributed by atoms with van der Waals surface area (Å²) in [7, 11) is 1.58. The van der Waals surface area contributed by atoms with Crippen LogP contribution in [0.15, 0.2) is 67.0 Å². The van der Waals surface area contributed by atoms with Crippen LogP contribution < -0.4 is 5.32 Å². The van der Waals surface area contributed by atoms with Crippen LogP contribution in [0.4, 0.5) is 0 Å². The molecule has 146 valence electrons. The summed E-state index contributed by atoms with van der Waals surface area (Å²) in [5.74, 6) is -0.225. The fourth-order valence-electron chi connectivity index (χ4n) is 3.31. The second-order valence-electron chi connectivity index (χ2n) is 6.83. The van der Waals surface area contributed by atoms with E-state index >= 15 is 0 Å². The average Bonchev–Trinajstić information content (AvgIpc) is 3.20. The molecular formula is C22H17N7O. The number of carbonyl (C=O) groups excluding carboxylic acids is 1.